The Bertz CT molecular complexity index is 529. The molecule has 1 N–H and O–H groups in total. The predicted octanol–water partition coefficient (Wildman–Crippen LogP) is 0.855. The Morgan fingerprint density at radius 3 is 2.69 bits per heavy atom. The Kier molecular flexibility index (Phi) is 2.77. The fraction of sp³-hybridized carbons (Fsp3) is 0.222. The van der Waals surface area contributed by atoms with Crippen molar-refractivity contribution in [3.63, 3.8) is 0 Å². The smallest absolute Gasteiger partial charge is 0.261 e. The maximum absolute atomic E-state index is 11.1. The van der Waals surface area contributed by atoms with Crippen LogP contribution >= 0.6 is 10.7 Å². The van der Waals surface area contributed by atoms with Crippen LogP contribution in [0.25, 0.3) is 0 Å². The van der Waals surface area contributed by atoms with E-state index >= 15 is 0 Å². The second kappa shape index (κ2) is 3.95. The molecule has 16 heavy (non-hydrogen) atoms. The van der Waals surface area contributed by atoms with Crippen molar-refractivity contribution in [2.24, 2.45) is 0 Å². The molecule has 1 amide bonds. The van der Waals surface area contributed by atoms with Crippen molar-refractivity contribution in [3.8, 4) is 0 Å². The van der Waals surface area contributed by atoms with Gasteiger partial charge in [-0.1, -0.05) is 6.07 Å². The molecular weight excluding hydrogens is 252 g/mol. The van der Waals surface area contributed by atoms with Gasteiger partial charge in [0.15, 0.2) is 0 Å². The lowest BCUT2D eigenvalue weighted by Crippen LogP contribution is -2.32. The zero-order chi connectivity index (χ0) is 11.8. The molecule has 5 nitrogen and oxygen atoms in total. The summed E-state index contributed by atoms with van der Waals surface area (Å²) in [6, 6.07) is 6.11. The average Bonchev–Trinajstić information content (AvgIpc) is 2.64. The first-order valence-electron chi connectivity index (χ1n) is 4.58. The molecule has 1 saturated heterocycles. The first kappa shape index (κ1) is 11.2. The van der Waals surface area contributed by atoms with Gasteiger partial charge in [0.25, 0.3) is 9.05 Å². The van der Waals surface area contributed by atoms with Crippen molar-refractivity contribution in [1.29, 1.82) is 0 Å². The summed E-state index contributed by atoms with van der Waals surface area (Å²) in [6.45, 7) is 0.518. The van der Waals surface area contributed by atoms with Gasteiger partial charge in [-0.2, -0.15) is 0 Å². The Labute approximate surface area is 97.4 Å². The standard InChI is InChI=1S/C9H9ClN2O3S/c10-16(14,15)8-3-1-2-7(6-8)12-5-4-9(13)11-12/h1-3,6H,4-5H2,(H,11,13). The lowest BCUT2D eigenvalue weighted by atomic mass is 10.3. The summed E-state index contributed by atoms with van der Waals surface area (Å²) in [4.78, 5) is 11.0. The Hall–Kier alpha value is -1.27. The van der Waals surface area contributed by atoms with Crippen LogP contribution in [0.2, 0.25) is 0 Å². The molecule has 7 heteroatoms. The molecule has 0 bridgehead atoms. The monoisotopic (exact) mass is 260 g/mol. The van der Waals surface area contributed by atoms with Gasteiger partial charge >= 0.3 is 0 Å². The third-order valence-electron chi connectivity index (χ3n) is 2.23. The summed E-state index contributed by atoms with van der Waals surface area (Å²) in [5.41, 5.74) is 3.21. The minimum atomic E-state index is -3.74. The van der Waals surface area contributed by atoms with E-state index in [9.17, 15) is 13.2 Å². The fourth-order valence-corrected chi connectivity index (χ4v) is 2.26. The van der Waals surface area contributed by atoms with E-state index < -0.39 is 9.05 Å². The normalized spacial score (nSPS) is 16.3. The van der Waals surface area contributed by atoms with E-state index in [-0.39, 0.29) is 10.8 Å². The van der Waals surface area contributed by atoms with Crippen LogP contribution in [0.1, 0.15) is 6.42 Å². The topological polar surface area (TPSA) is 66.5 Å². The molecule has 0 aliphatic carbocycles. The second-order valence-corrected chi connectivity index (χ2v) is 5.94. The van der Waals surface area contributed by atoms with Crippen molar-refractivity contribution < 1.29 is 13.2 Å². The van der Waals surface area contributed by atoms with Gasteiger partial charge < -0.3 is 0 Å². The number of halogens is 1. The largest absolute Gasteiger partial charge is 0.285 e. The van der Waals surface area contributed by atoms with Crippen LogP contribution in [0.4, 0.5) is 5.69 Å². The van der Waals surface area contributed by atoms with Crippen LogP contribution in [-0.2, 0) is 13.8 Å². The summed E-state index contributed by atoms with van der Waals surface area (Å²) in [6.07, 6.45) is 0.401. The van der Waals surface area contributed by atoms with Gasteiger partial charge in [0.05, 0.1) is 10.6 Å². The van der Waals surface area contributed by atoms with E-state index in [0.717, 1.165) is 0 Å². The van der Waals surface area contributed by atoms with Gasteiger partial charge in [0.1, 0.15) is 0 Å². The van der Waals surface area contributed by atoms with Crippen molar-refractivity contribution in [1.82, 2.24) is 5.43 Å². The number of nitrogens with one attached hydrogen (secondary N) is 1. The number of amides is 1. The maximum atomic E-state index is 11.1. The molecule has 0 unspecified atom stereocenters. The van der Waals surface area contributed by atoms with E-state index in [4.69, 9.17) is 10.7 Å². The molecule has 0 atom stereocenters. The Morgan fingerprint density at radius 2 is 2.12 bits per heavy atom. The van der Waals surface area contributed by atoms with Crippen molar-refractivity contribution in [2.75, 3.05) is 11.6 Å². The van der Waals surface area contributed by atoms with Crippen LogP contribution in [0.15, 0.2) is 29.2 Å². The number of carbonyl (C=O) groups excluding carboxylic acids is 1. The maximum Gasteiger partial charge on any atom is 0.261 e. The third-order valence-corrected chi connectivity index (χ3v) is 3.58. The van der Waals surface area contributed by atoms with Gasteiger partial charge in [0.2, 0.25) is 5.91 Å². The summed E-state index contributed by atoms with van der Waals surface area (Å²) in [7, 11) is 1.50. The molecule has 0 aromatic heterocycles. The quantitative estimate of drug-likeness (QED) is 0.801. The molecule has 2 rings (SSSR count). The molecule has 1 aromatic rings. The number of rotatable bonds is 2. The number of carbonyl (C=O) groups is 1. The molecule has 1 aliphatic rings. The molecule has 0 radical (unpaired) electrons. The molecule has 1 aromatic carbocycles. The number of anilines is 1. The molecule has 1 aliphatic heterocycles. The Morgan fingerprint density at radius 1 is 1.38 bits per heavy atom. The van der Waals surface area contributed by atoms with E-state index in [1.807, 2.05) is 0 Å². The number of nitrogens with zero attached hydrogens (tertiary/aromatic N) is 1. The zero-order valence-electron chi connectivity index (χ0n) is 8.18. The molecule has 1 heterocycles. The van der Waals surface area contributed by atoms with Crippen LogP contribution in [0.3, 0.4) is 0 Å². The molecule has 1 fully saturated rings. The SMILES string of the molecule is O=C1CCN(c2cccc(S(=O)(=O)Cl)c2)N1. The average molecular weight is 261 g/mol. The first-order chi connectivity index (χ1) is 7.47. The van der Waals surface area contributed by atoms with Crippen molar-refractivity contribution in [3.05, 3.63) is 24.3 Å². The fourth-order valence-electron chi connectivity index (χ4n) is 1.47. The third kappa shape index (κ3) is 2.28. The number of benzene rings is 1. The number of hydrazine groups is 1. The summed E-state index contributed by atoms with van der Waals surface area (Å²) < 4.78 is 22.2. The van der Waals surface area contributed by atoms with Crippen molar-refractivity contribution in [2.45, 2.75) is 11.3 Å². The highest BCUT2D eigenvalue weighted by molar-refractivity contribution is 8.13. The van der Waals surface area contributed by atoms with Crippen LogP contribution in [0, 0.1) is 0 Å². The summed E-state index contributed by atoms with van der Waals surface area (Å²) in [5.74, 6) is -0.0841. The molecule has 0 spiro atoms. The highest BCUT2D eigenvalue weighted by Gasteiger charge is 2.20. The predicted molar refractivity (Wildman–Crippen MR) is 59.6 cm³/mol. The summed E-state index contributed by atoms with van der Waals surface area (Å²) in [5, 5.41) is 1.59. The summed E-state index contributed by atoms with van der Waals surface area (Å²) >= 11 is 0. The minimum absolute atomic E-state index is 0.0211. The van der Waals surface area contributed by atoms with E-state index in [1.165, 1.54) is 12.1 Å². The van der Waals surface area contributed by atoms with E-state index in [2.05, 4.69) is 5.43 Å². The van der Waals surface area contributed by atoms with E-state index in [0.29, 0.717) is 18.7 Å². The Balaban J connectivity index is 2.33. The minimum Gasteiger partial charge on any atom is -0.285 e. The number of hydrogen-bond acceptors (Lipinski definition) is 4. The lowest BCUT2D eigenvalue weighted by molar-refractivity contribution is -0.119. The molecular formula is C9H9ClN2O3S. The van der Waals surface area contributed by atoms with Gasteiger partial charge in [-0.05, 0) is 18.2 Å². The van der Waals surface area contributed by atoms with Crippen LogP contribution < -0.4 is 10.4 Å². The first-order valence-corrected chi connectivity index (χ1v) is 6.89. The van der Waals surface area contributed by atoms with Gasteiger partial charge in [-0.15, -0.1) is 0 Å². The van der Waals surface area contributed by atoms with Gasteiger partial charge in [-0.25, -0.2) is 8.42 Å². The zero-order valence-corrected chi connectivity index (χ0v) is 9.75. The highest BCUT2D eigenvalue weighted by atomic mass is 35.7. The highest BCUT2D eigenvalue weighted by Crippen LogP contribution is 2.22. The molecule has 86 valence electrons. The van der Waals surface area contributed by atoms with Crippen LogP contribution in [-0.4, -0.2) is 20.9 Å². The van der Waals surface area contributed by atoms with Gasteiger partial charge in [-0.3, -0.25) is 15.2 Å². The van der Waals surface area contributed by atoms with Crippen LogP contribution in [0.5, 0.6) is 0 Å². The number of hydrogen-bond donors (Lipinski definition) is 1. The van der Waals surface area contributed by atoms with E-state index in [1.54, 1.807) is 17.1 Å². The van der Waals surface area contributed by atoms with Gasteiger partial charge in [0, 0.05) is 23.6 Å². The lowest BCUT2D eigenvalue weighted by Gasteiger charge is -2.17. The van der Waals surface area contributed by atoms with Crippen molar-refractivity contribution >= 4 is 31.3 Å². The molecule has 0 saturated carbocycles. The second-order valence-electron chi connectivity index (χ2n) is 3.37.